The Morgan fingerprint density at radius 1 is 0.694 bits per heavy atom. The molecule has 0 radical (unpaired) electrons. The summed E-state index contributed by atoms with van der Waals surface area (Å²) in [6.07, 6.45) is -17.1. The van der Waals surface area contributed by atoms with Gasteiger partial charge in [0.2, 0.25) is 0 Å². The third-order valence-corrected chi connectivity index (χ3v) is 4.65. The van der Waals surface area contributed by atoms with Crippen molar-refractivity contribution in [1.29, 1.82) is 0 Å². The SMILES string of the molecule is COC(OCC1CO1)C(O)CC(F)(F)C(F)(F)C(F)(F)C(F)(F)C(F)(F)C(F)(F)C(F)(F)C(F)(F)F. The number of epoxide rings is 1. The minimum Gasteiger partial charge on any atom is -0.388 e. The topological polar surface area (TPSA) is 51.2 Å². The van der Waals surface area contributed by atoms with Crippen LogP contribution in [0, 0.1) is 0 Å². The van der Waals surface area contributed by atoms with Crippen molar-refractivity contribution in [3.8, 4) is 0 Å². The summed E-state index contributed by atoms with van der Waals surface area (Å²) < 4.78 is 238. The lowest BCUT2D eigenvalue weighted by atomic mass is 9.87. The normalized spacial score (nSPS) is 20.9. The van der Waals surface area contributed by atoms with E-state index in [4.69, 9.17) is 0 Å². The van der Waals surface area contributed by atoms with Crippen molar-refractivity contribution >= 4 is 0 Å². The quantitative estimate of drug-likeness (QED) is 0.187. The number of rotatable bonds is 13. The predicted octanol–water partition coefficient (Wildman–Crippen LogP) is 5.13. The molecule has 1 rings (SSSR count). The summed E-state index contributed by atoms with van der Waals surface area (Å²) in [6, 6.07) is 0. The number of alkyl halides is 17. The third kappa shape index (κ3) is 5.03. The Bertz CT molecular complexity index is 762. The molecule has 0 saturated carbocycles. The number of hydrogen-bond donors (Lipinski definition) is 1. The molecule has 3 atom stereocenters. The monoisotopic (exact) mass is 580 g/mol. The number of aliphatic hydroxyl groups is 1. The maximum absolute atomic E-state index is 13.9. The first kappa shape index (κ1) is 32.7. The van der Waals surface area contributed by atoms with E-state index in [-0.39, 0.29) is 6.61 Å². The summed E-state index contributed by atoms with van der Waals surface area (Å²) in [5.41, 5.74) is 0. The molecule has 0 amide bonds. The van der Waals surface area contributed by atoms with Gasteiger partial charge in [0, 0.05) is 13.5 Å². The van der Waals surface area contributed by atoms with Gasteiger partial charge in [0.1, 0.15) is 12.2 Å². The molecule has 21 heteroatoms. The second-order valence-electron chi connectivity index (χ2n) is 7.31. The van der Waals surface area contributed by atoms with Crippen LogP contribution in [0.2, 0.25) is 0 Å². The summed E-state index contributed by atoms with van der Waals surface area (Å²) in [7, 11) is 0.560. The molecule has 36 heavy (non-hydrogen) atoms. The lowest BCUT2D eigenvalue weighted by Crippen LogP contribution is -2.74. The molecule has 3 unspecified atom stereocenters. The van der Waals surface area contributed by atoms with Crippen LogP contribution in [-0.4, -0.2) is 91.6 Å². The molecular formula is C15H13F17O4. The van der Waals surface area contributed by atoms with Crippen LogP contribution >= 0.6 is 0 Å². The van der Waals surface area contributed by atoms with Crippen molar-refractivity contribution in [1.82, 2.24) is 0 Å². The highest BCUT2D eigenvalue weighted by Gasteiger charge is 2.95. The van der Waals surface area contributed by atoms with Crippen molar-refractivity contribution < 1.29 is 94.0 Å². The molecule has 1 saturated heterocycles. The Balaban J connectivity index is 3.37. The van der Waals surface area contributed by atoms with Gasteiger partial charge in [-0.2, -0.15) is 74.6 Å². The fourth-order valence-corrected chi connectivity index (χ4v) is 2.39. The smallest absolute Gasteiger partial charge is 0.388 e. The molecule has 1 heterocycles. The highest BCUT2D eigenvalue weighted by Crippen LogP contribution is 2.64. The van der Waals surface area contributed by atoms with Crippen LogP contribution in [0.5, 0.6) is 0 Å². The van der Waals surface area contributed by atoms with Crippen LogP contribution in [-0.2, 0) is 14.2 Å². The first-order chi connectivity index (χ1) is 15.7. The number of halogens is 17. The zero-order chi connectivity index (χ0) is 29.0. The Kier molecular flexibility index (Phi) is 8.57. The van der Waals surface area contributed by atoms with E-state index in [0.717, 1.165) is 0 Å². The molecule has 0 aromatic heterocycles. The zero-order valence-corrected chi connectivity index (χ0v) is 17.0. The average molecular weight is 580 g/mol. The van der Waals surface area contributed by atoms with E-state index in [1.807, 2.05) is 0 Å². The van der Waals surface area contributed by atoms with Gasteiger partial charge in [0.15, 0.2) is 6.29 Å². The van der Waals surface area contributed by atoms with Crippen molar-refractivity contribution in [2.45, 2.75) is 72.6 Å². The standard InChI is InChI=1S/C15H13F17O4/c1-34-7(36-4-5-3-35-5)6(33)2-8(16,17)9(18,19)10(20,21)11(22,23)12(24,25)13(26,27)14(28,29)15(30,31)32/h5-7,33H,2-4H2,1H3. The Labute approximate surface area is 188 Å². The van der Waals surface area contributed by atoms with E-state index in [1.54, 1.807) is 0 Å². The molecule has 1 aliphatic rings. The second-order valence-corrected chi connectivity index (χ2v) is 7.31. The highest BCUT2D eigenvalue weighted by atomic mass is 19.4. The van der Waals surface area contributed by atoms with Crippen LogP contribution in [0.15, 0.2) is 0 Å². The summed E-state index contributed by atoms with van der Waals surface area (Å²) in [5.74, 6) is -57.2. The van der Waals surface area contributed by atoms with Gasteiger partial charge in [0.05, 0.1) is 13.2 Å². The molecule has 0 bridgehead atoms. The van der Waals surface area contributed by atoms with E-state index < -0.39 is 79.2 Å². The summed E-state index contributed by atoms with van der Waals surface area (Å²) in [5, 5.41) is 9.47. The van der Waals surface area contributed by atoms with Crippen LogP contribution in [0.3, 0.4) is 0 Å². The Hall–Kier alpha value is -1.35. The maximum atomic E-state index is 13.9. The first-order valence-corrected chi connectivity index (χ1v) is 8.83. The molecule has 0 spiro atoms. The van der Waals surface area contributed by atoms with E-state index in [2.05, 4.69) is 14.2 Å². The van der Waals surface area contributed by atoms with Gasteiger partial charge in [-0.15, -0.1) is 0 Å². The molecule has 1 fully saturated rings. The molecule has 4 nitrogen and oxygen atoms in total. The minimum absolute atomic E-state index is 0.0221. The van der Waals surface area contributed by atoms with Gasteiger partial charge < -0.3 is 19.3 Å². The van der Waals surface area contributed by atoms with Crippen LogP contribution < -0.4 is 0 Å². The molecule has 0 aliphatic carbocycles. The fraction of sp³-hybridized carbons (Fsp3) is 1.00. The van der Waals surface area contributed by atoms with E-state index in [0.29, 0.717) is 7.11 Å². The average Bonchev–Trinajstić information content (AvgIpc) is 3.50. The Morgan fingerprint density at radius 2 is 1.06 bits per heavy atom. The van der Waals surface area contributed by atoms with Crippen molar-refractivity contribution in [2.24, 2.45) is 0 Å². The summed E-state index contributed by atoms with van der Waals surface area (Å²) in [4.78, 5) is 0. The number of methoxy groups -OCH3 is 1. The minimum atomic E-state index is -8.71. The molecule has 1 aliphatic heterocycles. The van der Waals surface area contributed by atoms with Crippen molar-refractivity contribution in [3.05, 3.63) is 0 Å². The largest absolute Gasteiger partial charge is 0.460 e. The van der Waals surface area contributed by atoms with Crippen LogP contribution in [0.4, 0.5) is 74.6 Å². The lowest BCUT2D eigenvalue weighted by Gasteiger charge is -2.43. The lowest BCUT2D eigenvalue weighted by molar-refractivity contribution is -0.462. The number of hydrogen-bond acceptors (Lipinski definition) is 4. The predicted molar refractivity (Wildman–Crippen MR) is 77.8 cm³/mol. The number of aliphatic hydroxyl groups excluding tert-OH is 1. The molecule has 216 valence electrons. The van der Waals surface area contributed by atoms with Crippen LogP contribution in [0.1, 0.15) is 6.42 Å². The summed E-state index contributed by atoms with van der Waals surface area (Å²) in [6.45, 7) is -0.561. The van der Waals surface area contributed by atoms with E-state index >= 15 is 0 Å². The Morgan fingerprint density at radius 3 is 1.39 bits per heavy atom. The van der Waals surface area contributed by atoms with Gasteiger partial charge in [0.25, 0.3) is 0 Å². The highest BCUT2D eigenvalue weighted by molar-refractivity contribution is 5.15. The zero-order valence-electron chi connectivity index (χ0n) is 17.0. The molecular weight excluding hydrogens is 567 g/mol. The van der Waals surface area contributed by atoms with Gasteiger partial charge in [-0.05, 0) is 0 Å². The third-order valence-electron chi connectivity index (χ3n) is 4.65. The van der Waals surface area contributed by atoms with Gasteiger partial charge >= 0.3 is 47.6 Å². The number of ether oxygens (including phenoxy) is 3. The summed E-state index contributed by atoms with van der Waals surface area (Å²) >= 11 is 0. The van der Waals surface area contributed by atoms with Gasteiger partial charge in [-0.1, -0.05) is 0 Å². The second kappa shape index (κ2) is 9.44. The molecule has 0 aromatic rings. The molecule has 1 N–H and O–H groups in total. The van der Waals surface area contributed by atoms with Gasteiger partial charge in [-0.3, -0.25) is 0 Å². The first-order valence-electron chi connectivity index (χ1n) is 8.83. The van der Waals surface area contributed by atoms with Gasteiger partial charge in [-0.25, -0.2) is 0 Å². The van der Waals surface area contributed by atoms with Crippen LogP contribution in [0.25, 0.3) is 0 Å². The molecule has 0 aromatic carbocycles. The van der Waals surface area contributed by atoms with Crippen molar-refractivity contribution in [2.75, 3.05) is 20.3 Å². The van der Waals surface area contributed by atoms with Crippen molar-refractivity contribution in [3.63, 3.8) is 0 Å². The van der Waals surface area contributed by atoms with E-state index in [9.17, 15) is 79.7 Å². The fourth-order valence-electron chi connectivity index (χ4n) is 2.39. The maximum Gasteiger partial charge on any atom is 0.460 e. The van der Waals surface area contributed by atoms with E-state index in [1.165, 1.54) is 0 Å².